The highest BCUT2D eigenvalue weighted by atomic mass is 16.1. The molecule has 2 aromatic rings. The summed E-state index contributed by atoms with van der Waals surface area (Å²) >= 11 is 0. The van der Waals surface area contributed by atoms with Crippen LogP contribution >= 0.6 is 0 Å². The molecule has 3 unspecified atom stereocenters. The zero-order valence-electron chi connectivity index (χ0n) is 16.1. The molecule has 0 radical (unpaired) electrons. The molecule has 29 heavy (non-hydrogen) atoms. The number of nitriles is 1. The van der Waals surface area contributed by atoms with E-state index in [2.05, 4.69) is 41.4 Å². The van der Waals surface area contributed by atoms with Crippen LogP contribution in [0.5, 0.6) is 0 Å². The molecule has 0 bridgehead atoms. The van der Waals surface area contributed by atoms with Gasteiger partial charge < -0.3 is 21.3 Å². The van der Waals surface area contributed by atoms with Crippen molar-refractivity contribution < 1.29 is 4.79 Å². The molecule has 150 valence electrons. The topological polar surface area (TPSA) is 141 Å². The van der Waals surface area contributed by atoms with Crippen LogP contribution in [0.3, 0.4) is 0 Å². The van der Waals surface area contributed by atoms with Crippen LogP contribution in [0.4, 0.5) is 17.3 Å². The van der Waals surface area contributed by atoms with Crippen molar-refractivity contribution in [2.75, 3.05) is 24.2 Å². The normalized spacial score (nSPS) is 23.0. The zero-order chi connectivity index (χ0) is 20.2. The van der Waals surface area contributed by atoms with Gasteiger partial charge >= 0.3 is 0 Å². The van der Waals surface area contributed by atoms with E-state index in [0.717, 1.165) is 13.0 Å². The molecule has 2 aliphatic rings. The average molecular weight is 393 g/mol. The van der Waals surface area contributed by atoms with Gasteiger partial charge in [-0.05, 0) is 38.1 Å². The molecular formula is C19H23N9O. The summed E-state index contributed by atoms with van der Waals surface area (Å²) in [5.74, 6) is 1.25. The average Bonchev–Trinajstić information content (AvgIpc) is 3.17. The lowest BCUT2D eigenvalue weighted by molar-refractivity contribution is 0.0958. The molecule has 1 aliphatic heterocycles. The second-order valence-electron chi connectivity index (χ2n) is 7.31. The number of carbonyl (C=O) groups is 1. The Balaban J connectivity index is 1.57. The fourth-order valence-electron chi connectivity index (χ4n) is 4.14. The van der Waals surface area contributed by atoms with E-state index in [4.69, 9.17) is 5.26 Å². The molecule has 3 atom stereocenters. The Hall–Kier alpha value is -3.32. The number of amides is 1. The number of nitrogens with zero attached hydrogens (tertiary/aromatic N) is 5. The second kappa shape index (κ2) is 8.36. The van der Waals surface area contributed by atoms with Crippen LogP contribution in [-0.4, -0.2) is 51.7 Å². The van der Waals surface area contributed by atoms with E-state index >= 15 is 0 Å². The van der Waals surface area contributed by atoms with Crippen molar-refractivity contribution in [3.05, 3.63) is 29.8 Å². The number of carbonyl (C=O) groups excluding carboxylic acids is 1. The van der Waals surface area contributed by atoms with Gasteiger partial charge in [-0.3, -0.25) is 4.79 Å². The maximum atomic E-state index is 12.3. The number of piperidine rings is 1. The minimum atomic E-state index is -0.295. The summed E-state index contributed by atoms with van der Waals surface area (Å²) in [5, 5.41) is 29.8. The summed E-state index contributed by atoms with van der Waals surface area (Å²) in [6, 6.07) is 4.31. The number of anilines is 3. The van der Waals surface area contributed by atoms with Gasteiger partial charge in [-0.2, -0.15) is 5.26 Å². The van der Waals surface area contributed by atoms with Gasteiger partial charge in [-0.15, -0.1) is 10.2 Å². The Morgan fingerprint density at radius 2 is 2.10 bits per heavy atom. The fourth-order valence-corrected chi connectivity index (χ4v) is 4.14. The van der Waals surface area contributed by atoms with E-state index in [1.54, 1.807) is 13.1 Å². The molecular weight excluding hydrogens is 370 g/mol. The minimum Gasteiger partial charge on any atom is -0.379 e. The molecule has 3 heterocycles. The predicted molar refractivity (Wildman–Crippen MR) is 107 cm³/mol. The number of nitrogens with one attached hydrogen (secondary N) is 4. The van der Waals surface area contributed by atoms with E-state index in [9.17, 15) is 4.79 Å². The van der Waals surface area contributed by atoms with E-state index < -0.39 is 0 Å². The maximum absolute atomic E-state index is 12.3. The second-order valence-corrected chi connectivity index (χ2v) is 7.31. The van der Waals surface area contributed by atoms with Gasteiger partial charge in [-0.25, -0.2) is 9.97 Å². The van der Waals surface area contributed by atoms with Crippen molar-refractivity contribution >= 4 is 23.2 Å². The van der Waals surface area contributed by atoms with Crippen molar-refractivity contribution in [3.8, 4) is 6.07 Å². The first kappa shape index (κ1) is 19.0. The van der Waals surface area contributed by atoms with Crippen LogP contribution in [0.1, 0.15) is 41.9 Å². The first-order chi connectivity index (χ1) is 14.2. The number of hydrogen-bond donors (Lipinski definition) is 4. The van der Waals surface area contributed by atoms with Crippen LogP contribution in [0.25, 0.3) is 0 Å². The van der Waals surface area contributed by atoms with Crippen LogP contribution in [-0.2, 0) is 0 Å². The summed E-state index contributed by atoms with van der Waals surface area (Å²) in [5.41, 5.74) is 1.11. The first-order valence-corrected chi connectivity index (χ1v) is 9.77. The van der Waals surface area contributed by atoms with Gasteiger partial charge in [-0.1, -0.05) is 0 Å². The van der Waals surface area contributed by atoms with E-state index in [0.29, 0.717) is 29.3 Å². The monoisotopic (exact) mass is 393 g/mol. The number of rotatable bonds is 5. The fraction of sp³-hybridized carbons (Fsp3) is 0.474. The van der Waals surface area contributed by atoms with Crippen molar-refractivity contribution in [2.24, 2.45) is 5.92 Å². The molecule has 4 N–H and O–H groups in total. The SMILES string of the molecule is CNC(=O)c1nnc(Nc2cnc(C#N)cn2)cc1NC1CCC2CCCNC21. The van der Waals surface area contributed by atoms with Gasteiger partial charge in [0, 0.05) is 25.2 Å². The summed E-state index contributed by atoms with van der Waals surface area (Å²) in [6.07, 6.45) is 7.51. The van der Waals surface area contributed by atoms with Crippen LogP contribution in [0, 0.1) is 17.2 Å². The van der Waals surface area contributed by atoms with Crippen LogP contribution < -0.4 is 21.3 Å². The Bertz CT molecular complexity index is 924. The number of aromatic nitrogens is 4. The smallest absolute Gasteiger partial charge is 0.273 e. The van der Waals surface area contributed by atoms with Gasteiger partial charge in [0.15, 0.2) is 17.2 Å². The number of hydrogen-bond acceptors (Lipinski definition) is 9. The summed E-state index contributed by atoms with van der Waals surface area (Å²) in [7, 11) is 1.57. The molecule has 10 nitrogen and oxygen atoms in total. The molecule has 1 saturated heterocycles. The van der Waals surface area contributed by atoms with Gasteiger partial charge in [0.2, 0.25) is 0 Å². The quantitative estimate of drug-likeness (QED) is 0.589. The van der Waals surface area contributed by atoms with E-state index in [-0.39, 0.29) is 23.3 Å². The van der Waals surface area contributed by atoms with Crippen molar-refractivity contribution in [1.82, 2.24) is 30.8 Å². The van der Waals surface area contributed by atoms with E-state index in [1.807, 2.05) is 6.07 Å². The van der Waals surface area contributed by atoms with Gasteiger partial charge in [0.25, 0.3) is 5.91 Å². The van der Waals surface area contributed by atoms with Crippen molar-refractivity contribution in [3.63, 3.8) is 0 Å². The van der Waals surface area contributed by atoms with Crippen molar-refractivity contribution in [2.45, 2.75) is 37.8 Å². The predicted octanol–water partition coefficient (Wildman–Crippen LogP) is 1.18. The largest absolute Gasteiger partial charge is 0.379 e. The zero-order valence-corrected chi connectivity index (χ0v) is 16.1. The third kappa shape index (κ3) is 4.09. The lowest BCUT2D eigenvalue weighted by Crippen LogP contribution is -2.47. The highest BCUT2D eigenvalue weighted by molar-refractivity contribution is 5.97. The highest BCUT2D eigenvalue weighted by Gasteiger charge is 2.37. The Morgan fingerprint density at radius 1 is 1.21 bits per heavy atom. The Kier molecular flexibility index (Phi) is 5.48. The molecule has 1 amide bonds. The minimum absolute atomic E-state index is 0.231. The molecule has 1 aliphatic carbocycles. The summed E-state index contributed by atoms with van der Waals surface area (Å²) in [6.45, 7) is 1.03. The number of fused-ring (bicyclic) bond motifs is 1. The van der Waals surface area contributed by atoms with E-state index in [1.165, 1.54) is 31.7 Å². The highest BCUT2D eigenvalue weighted by Crippen LogP contribution is 2.34. The maximum Gasteiger partial charge on any atom is 0.273 e. The standard InChI is InChI=1S/C19H23N9O/c1-21-19(29)18-14(25-13-5-4-11-3-2-6-22-17(11)13)7-15(27-28-18)26-16-10-23-12(8-20)9-24-16/h7,9-11,13,17,22H,2-6H2,1H3,(H,21,29)(H2,24,25,26,27). The Morgan fingerprint density at radius 3 is 2.86 bits per heavy atom. The molecule has 2 aromatic heterocycles. The third-order valence-corrected chi connectivity index (χ3v) is 5.52. The lowest BCUT2D eigenvalue weighted by Gasteiger charge is -2.31. The lowest BCUT2D eigenvalue weighted by atomic mass is 9.93. The molecule has 0 aromatic carbocycles. The summed E-state index contributed by atoms with van der Waals surface area (Å²) in [4.78, 5) is 20.4. The molecule has 2 fully saturated rings. The third-order valence-electron chi connectivity index (χ3n) is 5.52. The summed E-state index contributed by atoms with van der Waals surface area (Å²) < 4.78 is 0. The van der Waals surface area contributed by atoms with Gasteiger partial charge in [0.05, 0.1) is 18.1 Å². The molecule has 1 saturated carbocycles. The van der Waals surface area contributed by atoms with Crippen molar-refractivity contribution in [1.29, 1.82) is 5.26 Å². The van der Waals surface area contributed by atoms with Crippen LogP contribution in [0.2, 0.25) is 0 Å². The Labute approximate surface area is 168 Å². The molecule has 0 spiro atoms. The molecule has 4 rings (SSSR count). The first-order valence-electron chi connectivity index (χ1n) is 9.77. The van der Waals surface area contributed by atoms with Crippen LogP contribution in [0.15, 0.2) is 18.5 Å². The van der Waals surface area contributed by atoms with Gasteiger partial charge in [0.1, 0.15) is 11.9 Å². The molecule has 10 heteroatoms.